The maximum absolute atomic E-state index is 13.7. The fourth-order valence-electron chi connectivity index (χ4n) is 3.75. The van der Waals surface area contributed by atoms with E-state index in [0.29, 0.717) is 24.8 Å². The molecule has 178 valence electrons. The molecule has 2 amide bonds. The average molecular weight is 475 g/mol. The van der Waals surface area contributed by atoms with Gasteiger partial charge in [-0.05, 0) is 41.2 Å². The summed E-state index contributed by atoms with van der Waals surface area (Å²) >= 11 is 1.60. The first-order chi connectivity index (χ1) is 16.4. The van der Waals surface area contributed by atoms with Crippen molar-refractivity contribution in [3.8, 4) is 0 Å². The van der Waals surface area contributed by atoms with Crippen molar-refractivity contribution in [1.29, 1.82) is 0 Å². The summed E-state index contributed by atoms with van der Waals surface area (Å²) in [5.41, 5.74) is 3.54. The molecule has 0 saturated carbocycles. The first kappa shape index (κ1) is 25.6. The Hall–Kier alpha value is -3.05. The zero-order valence-electron chi connectivity index (χ0n) is 20.2. The predicted molar refractivity (Wildman–Crippen MR) is 141 cm³/mol. The predicted octanol–water partition coefficient (Wildman–Crippen LogP) is 5.68. The van der Waals surface area contributed by atoms with Crippen molar-refractivity contribution in [3.05, 3.63) is 102 Å². The van der Waals surface area contributed by atoms with Crippen LogP contribution in [0.5, 0.6) is 0 Å². The van der Waals surface area contributed by atoms with Gasteiger partial charge < -0.3 is 10.2 Å². The molecule has 34 heavy (non-hydrogen) atoms. The Morgan fingerprint density at radius 2 is 1.44 bits per heavy atom. The number of nitrogens with zero attached hydrogens (tertiary/aromatic N) is 1. The summed E-state index contributed by atoms with van der Waals surface area (Å²) in [5.74, 6) is 0.706. The summed E-state index contributed by atoms with van der Waals surface area (Å²) in [7, 11) is 0. The van der Waals surface area contributed by atoms with Gasteiger partial charge in [0.05, 0.1) is 0 Å². The molecule has 0 fully saturated rings. The molecule has 1 unspecified atom stereocenters. The van der Waals surface area contributed by atoms with Gasteiger partial charge in [0.25, 0.3) is 0 Å². The smallest absolute Gasteiger partial charge is 0.246 e. The second-order valence-corrected chi connectivity index (χ2v) is 9.86. The van der Waals surface area contributed by atoms with Crippen LogP contribution in [-0.4, -0.2) is 35.1 Å². The van der Waals surface area contributed by atoms with Gasteiger partial charge in [-0.3, -0.25) is 9.59 Å². The van der Waals surface area contributed by atoms with Gasteiger partial charge in [-0.2, -0.15) is 0 Å². The van der Waals surface area contributed by atoms with E-state index in [-0.39, 0.29) is 11.8 Å². The highest BCUT2D eigenvalue weighted by Crippen LogP contribution is 2.23. The lowest BCUT2D eigenvalue weighted by Crippen LogP contribution is -2.49. The Morgan fingerprint density at radius 3 is 2.00 bits per heavy atom. The topological polar surface area (TPSA) is 49.4 Å². The number of nitrogens with one attached hydrogen (secondary N) is 1. The quantitative estimate of drug-likeness (QED) is 0.364. The number of amides is 2. The molecule has 0 radical (unpaired) electrons. The normalized spacial score (nSPS) is 11.8. The molecule has 3 aromatic rings. The van der Waals surface area contributed by atoms with Crippen LogP contribution < -0.4 is 5.32 Å². The van der Waals surface area contributed by atoms with Crippen LogP contribution in [0.15, 0.2) is 89.8 Å². The first-order valence-electron chi connectivity index (χ1n) is 11.8. The third-order valence-corrected chi connectivity index (χ3v) is 6.79. The Kier molecular flexibility index (Phi) is 9.77. The molecule has 0 spiro atoms. The largest absolute Gasteiger partial charge is 0.344 e. The van der Waals surface area contributed by atoms with Crippen molar-refractivity contribution in [2.45, 2.75) is 50.6 Å². The minimum atomic E-state index is -0.591. The van der Waals surface area contributed by atoms with E-state index in [1.807, 2.05) is 53.4 Å². The lowest BCUT2D eigenvalue weighted by molar-refractivity contribution is -0.136. The van der Waals surface area contributed by atoms with Gasteiger partial charge in [0.15, 0.2) is 0 Å². The van der Waals surface area contributed by atoms with Crippen molar-refractivity contribution in [2.24, 2.45) is 0 Å². The van der Waals surface area contributed by atoms with Crippen LogP contribution in [0.2, 0.25) is 0 Å². The van der Waals surface area contributed by atoms with Crippen molar-refractivity contribution >= 4 is 23.6 Å². The van der Waals surface area contributed by atoms with Crippen molar-refractivity contribution in [2.75, 3.05) is 12.3 Å². The van der Waals surface area contributed by atoms with Crippen molar-refractivity contribution < 1.29 is 9.59 Å². The maximum Gasteiger partial charge on any atom is 0.246 e. The molecule has 0 saturated heterocycles. The van der Waals surface area contributed by atoms with Crippen LogP contribution in [0.3, 0.4) is 0 Å². The standard InChI is InChI=1S/C29H34N2O2S/c1-22(2)26-14-16-27(17-15-26)34-21-28(30-23(3)32)29(33)31(20-25-12-8-5-9-13-25)19-18-24-10-6-4-7-11-24/h4-17,22,28H,18-21H2,1-3H3,(H,30,32). The highest BCUT2D eigenvalue weighted by molar-refractivity contribution is 7.99. The third kappa shape index (κ3) is 8.07. The van der Waals surface area contributed by atoms with Crippen LogP contribution in [0.4, 0.5) is 0 Å². The molecule has 3 rings (SSSR count). The van der Waals surface area contributed by atoms with E-state index in [0.717, 1.165) is 16.9 Å². The number of rotatable bonds is 11. The molecule has 5 heteroatoms. The summed E-state index contributed by atoms with van der Waals surface area (Å²) < 4.78 is 0. The fraction of sp³-hybridized carbons (Fsp3) is 0.310. The van der Waals surface area contributed by atoms with Crippen LogP contribution >= 0.6 is 11.8 Å². The molecule has 0 aliphatic heterocycles. The lowest BCUT2D eigenvalue weighted by Gasteiger charge is -2.28. The number of hydrogen-bond donors (Lipinski definition) is 1. The Morgan fingerprint density at radius 1 is 0.853 bits per heavy atom. The van der Waals surface area contributed by atoms with Gasteiger partial charge in [0.2, 0.25) is 11.8 Å². The van der Waals surface area contributed by atoms with Crippen molar-refractivity contribution in [1.82, 2.24) is 10.2 Å². The minimum absolute atomic E-state index is 0.0544. The minimum Gasteiger partial charge on any atom is -0.344 e. The van der Waals surface area contributed by atoms with E-state index in [1.165, 1.54) is 18.1 Å². The molecular weight excluding hydrogens is 440 g/mol. The van der Waals surface area contributed by atoms with Gasteiger partial charge in [-0.25, -0.2) is 0 Å². The van der Waals surface area contributed by atoms with E-state index in [2.05, 4.69) is 55.6 Å². The van der Waals surface area contributed by atoms with Gasteiger partial charge in [0, 0.05) is 30.7 Å². The van der Waals surface area contributed by atoms with E-state index in [1.54, 1.807) is 11.8 Å². The summed E-state index contributed by atoms with van der Waals surface area (Å²) in [6.07, 6.45) is 0.760. The van der Waals surface area contributed by atoms with E-state index in [4.69, 9.17) is 0 Å². The molecule has 1 N–H and O–H groups in total. The molecule has 0 aromatic heterocycles. The van der Waals surface area contributed by atoms with Crippen LogP contribution in [0, 0.1) is 0 Å². The van der Waals surface area contributed by atoms with E-state index < -0.39 is 6.04 Å². The first-order valence-corrected chi connectivity index (χ1v) is 12.8. The highest BCUT2D eigenvalue weighted by Gasteiger charge is 2.25. The second kappa shape index (κ2) is 13.0. The van der Waals surface area contributed by atoms with Crippen molar-refractivity contribution in [3.63, 3.8) is 0 Å². The molecule has 0 aliphatic carbocycles. The van der Waals surface area contributed by atoms with Crippen LogP contribution in [0.25, 0.3) is 0 Å². The van der Waals surface area contributed by atoms with Gasteiger partial charge in [0.1, 0.15) is 6.04 Å². The van der Waals surface area contributed by atoms with E-state index >= 15 is 0 Å². The summed E-state index contributed by atoms with van der Waals surface area (Å²) in [6.45, 7) is 6.90. The number of thioether (sulfide) groups is 1. The average Bonchev–Trinajstić information content (AvgIpc) is 2.85. The fourth-order valence-corrected chi connectivity index (χ4v) is 4.66. The van der Waals surface area contributed by atoms with Gasteiger partial charge in [-0.1, -0.05) is 86.6 Å². The maximum atomic E-state index is 13.7. The number of benzene rings is 3. The van der Waals surface area contributed by atoms with E-state index in [9.17, 15) is 9.59 Å². The molecule has 0 bridgehead atoms. The Balaban J connectivity index is 1.74. The second-order valence-electron chi connectivity index (χ2n) is 8.77. The van der Waals surface area contributed by atoms with Crippen LogP contribution in [-0.2, 0) is 22.6 Å². The molecule has 4 nitrogen and oxygen atoms in total. The third-order valence-electron chi connectivity index (χ3n) is 5.68. The SMILES string of the molecule is CC(=O)NC(CSc1ccc(C(C)C)cc1)C(=O)N(CCc1ccccc1)Cc1ccccc1. The summed E-state index contributed by atoms with van der Waals surface area (Å²) in [5, 5.41) is 2.89. The molecule has 0 aliphatic rings. The molecule has 3 aromatic carbocycles. The zero-order chi connectivity index (χ0) is 24.3. The highest BCUT2D eigenvalue weighted by atomic mass is 32.2. The number of carbonyl (C=O) groups excluding carboxylic acids is 2. The van der Waals surface area contributed by atoms with Gasteiger partial charge in [-0.15, -0.1) is 11.8 Å². The molecule has 1 atom stereocenters. The Labute approximate surface area is 207 Å². The summed E-state index contributed by atoms with van der Waals surface area (Å²) in [6, 6.07) is 28.0. The monoisotopic (exact) mass is 474 g/mol. The summed E-state index contributed by atoms with van der Waals surface area (Å²) in [4.78, 5) is 28.6. The van der Waals surface area contributed by atoms with Gasteiger partial charge >= 0.3 is 0 Å². The molecular formula is C29H34N2O2S. The number of carbonyl (C=O) groups is 2. The number of hydrogen-bond acceptors (Lipinski definition) is 3. The lowest BCUT2D eigenvalue weighted by atomic mass is 10.0. The molecule has 0 heterocycles. The van der Waals surface area contributed by atoms with Crippen LogP contribution in [0.1, 0.15) is 43.4 Å². The zero-order valence-corrected chi connectivity index (χ0v) is 21.1. The Bertz CT molecular complexity index is 1040.